The van der Waals surface area contributed by atoms with E-state index in [1.807, 2.05) is 0 Å². The van der Waals surface area contributed by atoms with E-state index in [2.05, 4.69) is 11.7 Å². The lowest BCUT2D eigenvalue weighted by atomic mass is 9.65. The van der Waals surface area contributed by atoms with Gasteiger partial charge in [-0.1, -0.05) is 32.6 Å². The molecule has 0 spiro atoms. The molecule has 0 aromatic heterocycles. The lowest BCUT2D eigenvalue weighted by molar-refractivity contribution is -0.432. The summed E-state index contributed by atoms with van der Waals surface area (Å²) < 4.78 is 132. The first-order valence-corrected chi connectivity index (χ1v) is 17.8. The molecule has 11 heteroatoms. The number of halogens is 9. The molecule has 1 aromatic carbocycles. The third-order valence-corrected chi connectivity index (χ3v) is 12.1. The van der Waals surface area contributed by atoms with Crippen LogP contribution in [0.15, 0.2) is 12.1 Å². The second kappa shape index (κ2) is 15.2. The van der Waals surface area contributed by atoms with Crippen LogP contribution in [0.4, 0.5) is 39.5 Å². The van der Waals surface area contributed by atoms with Gasteiger partial charge in [0.2, 0.25) is 0 Å². The Hall–Kier alpha value is -1.49. The predicted molar refractivity (Wildman–Crippen MR) is 160 cm³/mol. The Bertz CT molecular complexity index is 1120. The zero-order valence-electron chi connectivity index (χ0n) is 27.2. The van der Waals surface area contributed by atoms with Crippen LogP contribution in [0.1, 0.15) is 140 Å². The van der Waals surface area contributed by atoms with Crippen molar-refractivity contribution in [1.82, 2.24) is 0 Å². The van der Waals surface area contributed by atoms with Crippen LogP contribution in [0.25, 0.3) is 0 Å². The topological polar surface area (TPSA) is 18.5 Å². The number of benzene rings is 1. The van der Waals surface area contributed by atoms with Gasteiger partial charge in [-0.3, -0.25) is 0 Å². The van der Waals surface area contributed by atoms with Crippen LogP contribution in [0, 0.1) is 47.1 Å². The molecule has 0 atom stereocenters. The van der Waals surface area contributed by atoms with E-state index in [-0.39, 0.29) is 31.2 Å². The van der Waals surface area contributed by atoms with E-state index in [9.17, 15) is 30.7 Å². The van der Waals surface area contributed by atoms with Crippen molar-refractivity contribution in [2.75, 3.05) is 0 Å². The number of hydrogen-bond acceptors (Lipinski definition) is 2. The van der Waals surface area contributed by atoms with Crippen LogP contribution in [0.2, 0.25) is 0 Å². The minimum absolute atomic E-state index is 0.0246. The minimum atomic E-state index is -5.81. The standard InChI is InChI=1S/C36H49F9O2/c1-2-3-22-4-6-23(7-5-22)24-8-10-25(11-9-24)26-12-16-29(17-13-26)34(39,40)46-30-18-14-27(15-19-30)28-20-31(37)33(32(38)21-28)35(41,42)47-36(43,44)45/h20-27,29-30H,2-19H2,1H3. The van der Waals surface area contributed by atoms with Gasteiger partial charge in [-0.25, -0.2) is 13.5 Å². The molecule has 2 nitrogen and oxygen atoms in total. The third kappa shape index (κ3) is 9.40. The molecule has 4 saturated carbocycles. The zero-order valence-corrected chi connectivity index (χ0v) is 27.2. The highest BCUT2D eigenvalue weighted by atomic mass is 19.4. The van der Waals surface area contributed by atoms with E-state index in [1.54, 1.807) is 0 Å². The van der Waals surface area contributed by atoms with Gasteiger partial charge in [0.1, 0.15) is 17.2 Å². The van der Waals surface area contributed by atoms with Gasteiger partial charge < -0.3 is 4.74 Å². The van der Waals surface area contributed by atoms with Crippen molar-refractivity contribution in [3.8, 4) is 0 Å². The monoisotopic (exact) mass is 684 g/mol. The molecule has 4 aliphatic rings. The third-order valence-electron chi connectivity index (χ3n) is 12.1. The van der Waals surface area contributed by atoms with Gasteiger partial charge in [0.15, 0.2) is 0 Å². The molecule has 0 radical (unpaired) electrons. The number of hydrogen-bond donors (Lipinski definition) is 0. The fraction of sp³-hybridized carbons (Fsp3) is 0.833. The summed E-state index contributed by atoms with van der Waals surface area (Å²) in [5.74, 6) is -1.40. The molecule has 4 aliphatic carbocycles. The molecule has 0 unspecified atom stereocenters. The molecule has 1 aromatic rings. The molecule has 5 rings (SSSR count). The molecule has 0 saturated heterocycles. The molecule has 4 fully saturated rings. The minimum Gasteiger partial charge on any atom is -0.317 e. The molecular formula is C36H49F9O2. The fourth-order valence-corrected chi connectivity index (χ4v) is 9.51. The summed E-state index contributed by atoms with van der Waals surface area (Å²) in [6.45, 7) is 2.27. The lowest BCUT2D eigenvalue weighted by Gasteiger charge is -2.42. The Kier molecular flexibility index (Phi) is 11.9. The molecule has 268 valence electrons. The van der Waals surface area contributed by atoms with Crippen LogP contribution in [0.3, 0.4) is 0 Å². The smallest absolute Gasteiger partial charge is 0.317 e. The molecule has 0 heterocycles. The Morgan fingerprint density at radius 2 is 1.06 bits per heavy atom. The van der Waals surface area contributed by atoms with Gasteiger partial charge in [-0.05, 0) is 143 Å². The zero-order chi connectivity index (χ0) is 34.0. The Morgan fingerprint density at radius 3 is 1.51 bits per heavy atom. The van der Waals surface area contributed by atoms with Gasteiger partial charge in [0.05, 0.1) is 12.0 Å². The van der Waals surface area contributed by atoms with Gasteiger partial charge in [-0.15, -0.1) is 13.2 Å². The highest BCUT2D eigenvalue weighted by Gasteiger charge is 2.50. The van der Waals surface area contributed by atoms with Crippen LogP contribution >= 0.6 is 0 Å². The van der Waals surface area contributed by atoms with Crippen molar-refractivity contribution in [3.05, 3.63) is 34.9 Å². The quantitative estimate of drug-likeness (QED) is 0.228. The summed E-state index contributed by atoms with van der Waals surface area (Å²) in [7, 11) is 0. The summed E-state index contributed by atoms with van der Waals surface area (Å²) in [6, 6.07) is 1.13. The van der Waals surface area contributed by atoms with Crippen LogP contribution in [0.5, 0.6) is 0 Å². The van der Waals surface area contributed by atoms with Crippen molar-refractivity contribution in [3.63, 3.8) is 0 Å². The van der Waals surface area contributed by atoms with Crippen LogP contribution < -0.4 is 0 Å². The van der Waals surface area contributed by atoms with Gasteiger partial charge in [-0.2, -0.15) is 17.6 Å². The van der Waals surface area contributed by atoms with Crippen molar-refractivity contribution in [2.45, 2.75) is 153 Å². The maximum atomic E-state index is 15.3. The first-order valence-electron chi connectivity index (χ1n) is 17.8. The summed E-state index contributed by atoms with van der Waals surface area (Å²) in [6.07, 6.45) is 1.19. The number of rotatable bonds is 10. The molecule has 0 bridgehead atoms. The molecule has 0 aliphatic heterocycles. The van der Waals surface area contributed by atoms with Crippen LogP contribution in [-0.2, 0) is 15.6 Å². The number of alkyl halides is 7. The largest absolute Gasteiger partial charge is 0.527 e. The fourth-order valence-electron chi connectivity index (χ4n) is 9.51. The van der Waals surface area contributed by atoms with Crippen molar-refractivity contribution in [1.29, 1.82) is 0 Å². The Labute approximate surface area is 272 Å². The Morgan fingerprint density at radius 1 is 0.617 bits per heavy atom. The normalized spacial score (nSPS) is 33.1. The average Bonchev–Trinajstić information content (AvgIpc) is 3.00. The molecule has 0 N–H and O–H groups in total. The van der Waals surface area contributed by atoms with E-state index in [0.717, 1.165) is 30.6 Å². The first kappa shape index (κ1) is 36.8. The highest BCUT2D eigenvalue weighted by molar-refractivity contribution is 5.31. The molecular weight excluding hydrogens is 635 g/mol. The van der Waals surface area contributed by atoms with Gasteiger partial charge in [0.25, 0.3) is 0 Å². The van der Waals surface area contributed by atoms with Crippen molar-refractivity contribution in [2.24, 2.45) is 35.5 Å². The maximum absolute atomic E-state index is 15.3. The summed E-state index contributed by atoms with van der Waals surface area (Å²) in [5.41, 5.74) is -2.15. The van der Waals surface area contributed by atoms with E-state index in [0.29, 0.717) is 36.8 Å². The molecule has 47 heavy (non-hydrogen) atoms. The summed E-state index contributed by atoms with van der Waals surface area (Å²) in [4.78, 5) is 0. The van der Waals surface area contributed by atoms with Crippen molar-refractivity contribution < 1.29 is 49.0 Å². The predicted octanol–water partition coefficient (Wildman–Crippen LogP) is 12.4. The van der Waals surface area contributed by atoms with E-state index in [1.165, 1.54) is 64.2 Å². The highest BCUT2D eigenvalue weighted by Crippen LogP contribution is 2.49. The SMILES string of the molecule is CCCC1CCC(C2CCC(C3CCC(C(F)(F)OC4CCC(c5cc(F)c(C(F)(F)OC(F)(F)F)c(F)c5)CC4)CC3)CC2)CC1. The maximum Gasteiger partial charge on any atom is 0.527 e. The van der Waals surface area contributed by atoms with Crippen molar-refractivity contribution >= 4 is 0 Å². The van der Waals surface area contributed by atoms with E-state index in [4.69, 9.17) is 4.74 Å². The van der Waals surface area contributed by atoms with Crippen LogP contribution in [-0.4, -0.2) is 18.6 Å². The second-order valence-electron chi connectivity index (χ2n) is 14.9. The van der Waals surface area contributed by atoms with Gasteiger partial charge >= 0.3 is 18.6 Å². The molecule has 0 amide bonds. The van der Waals surface area contributed by atoms with Gasteiger partial charge in [0, 0.05) is 0 Å². The van der Waals surface area contributed by atoms with E-state index >= 15 is 8.78 Å². The summed E-state index contributed by atoms with van der Waals surface area (Å²) in [5, 5.41) is 0. The van der Waals surface area contributed by atoms with E-state index < -0.39 is 53.7 Å². The number of ether oxygens (including phenoxy) is 2. The first-order chi connectivity index (χ1) is 22.1. The Balaban J connectivity index is 1.05. The average molecular weight is 685 g/mol. The second-order valence-corrected chi connectivity index (χ2v) is 14.9. The lowest BCUT2D eigenvalue weighted by Crippen LogP contribution is -2.40. The summed E-state index contributed by atoms with van der Waals surface area (Å²) >= 11 is 0.